The third kappa shape index (κ3) is 6.04. The van der Waals surface area contributed by atoms with E-state index in [0.717, 1.165) is 11.4 Å². The number of methoxy groups -OCH3 is 1. The Morgan fingerprint density at radius 3 is 2.62 bits per heavy atom. The molecule has 0 saturated heterocycles. The highest BCUT2D eigenvalue weighted by Crippen LogP contribution is 2.19. The molecule has 0 aliphatic heterocycles. The zero-order valence-corrected chi connectivity index (χ0v) is 13.6. The highest BCUT2D eigenvalue weighted by Gasteiger charge is 2.19. The van der Waals surface area contributed by atoms with E-state index in [1.807, 2.05) is 57.1 Å². The summed E-state index contributed by atoms with van der Waals surface area (Å²) in [5, 5.41) is 3.18. The Labute approximate surface area is 127 Å². The fourth-order valence-corrected chi connectivity index (χ4v) is 1.96. The number of hydrogen-bond acceptors (Lipinski definition) is 5. The number of carbonyl (C=O) groups is 1. The normalized spacial score (nSPS) is 12.1. The minimum Gasteiger partial charge on any atom is -0.493 e. The van der Waals surface area contributed by atoms with Gasteiger partial charge >= 0.3 is 5.97 Å². The number of anilines is 1. The highest BCUT2D eigenvalue weighted by molar-refractivity contribution is 5.75. The zero-order chi connectivity index (χ0) is 15.8. The maximum Gasteiger partial charge on any atom is 0.322 e. The van der Waals surface area contributed by atoms with Crippen LogP contribution in [0.2, 0.25) is 0 Å². The van der Waals surface area contributed by atoms with Gasteiger partial charge in [0.05, 0.1) is 13.7 Å². The van der Waals surface area contributed by atoms with E-state index in [-0.39, 0.29) is 18.1 Å². The van der Waals surface area contributed by atoms with Crippen molar-refractivity contribution in [3.05, 3.63) is 24.3 Å². The van der Waals surface area contributed by atoms with Gasteiger partial charge in [0.15, 0.2) is 0 Å². The Morgan fingerprint density at radius 1 is 1.33 bits per heavy atom. The number of benzene rings is 1. The molecular formula is C16H26N2O3. The second-order valence-electron chi connectivity index (χ2n) is 5.43. The van der Waals surface area contributed by atoms with E-state index < -0.39 is 0 Å². The molecule has 0 heterocycles. The van der Waals surface area contributed by atoms with Crippen LogP contribution in [0.5, 0.6) is 5.75 Å². The summed E-state index contributed by atoms with van der Waals surface area (Å²) < 4.78 is 10.5. The maximum absolute atomic E-state index is 11.7. The molecule has 1 atom stereocenters. The summed E-state index contributed by atoms with van der Waals surface area (Å²) in [4.78, 5) is 13.7. The van der Waals surface area contributed by atoms with Gasteiger partial charge in [0, 0.05) is 38.3 Å². The third-order valence-corrected chi connectivity index (χ3v) is 3.03. The number of rotatable bonds is 8. The molecule has 5 heteroatoms. The third-order valence-electron chi connectivity index (χ3n) is 3.03. The largest absolute Gasteiger partial charge is 0.493 e. The number of nitrogens with zero attached hydrogens (tertiary/aromatic N) is 1. The van der Waals surface area contributed by atoms with E-state index in [2.05, 4.69) is 5.32 Å². The van der Waals surface area contributed by atoms with Crippen molar-refractivity contribution >= 4 is 11.7 Å². The minimum atomic E-state index is -0.341. The molecule has 21 heavy (non-hydrogen) atoms. The quantitative estimate of drug-likeness (QED) is 0.744. The van der Waals surface area contributed by atoms with Gasteiger partial charge in [-0.1, -0.05) is 19.9 Å². The zero-order valence-electron chi connectivity index (χ0n) is 13.6. The lowest BCUT2D eigenvalue weighted by Gasteiger charge is -2.19. The molecule has 1 rings (SSSR count). The van der Waals surface area contributed by atoms with E-state index in [0.29, 0.717) is 13.0 Å². The van der Waals surface area contributed by atoms with Crippen molar-refractivity contribution in [2.75, 3.05) is 32.7 Å². The fraction of sp³-hybridized carbons (Fsp3) is 0.562. The minimum absolute atomic E-state index is 0.214. The Kier molecular flexibility index (Phi) is 7.02. The van der Waals surface area contributed by atoms with Crippen LogP contribution in [0, 0.1) is 0 Å². The summed E-state index contributed by atoms with van der Waals surface area (Å²) in [6.45, 7) is 4.45. The van der Waals surface area contributed by atoms with Crippen LogP contribution >= 0.6 is 0 Å². The predicted octanol–water partition coefficient (Wildman–Crippen LogP) is 2.06. The molecule has 0 aliphatic rings. The molecular weight excluding hydrogens is 268 g/mol. The molecule has 0 aromatic heterocycles. The van der Waals surface area contributed by atoms with Crippen molar-refractivity contribution < 1.29 is 14.3 Å². The number of ether oxygens (including phenoxy) is 2. The lowest BCUT2D eigenvalue weighted by Crippen LogP contribution is -2.42. The smallest absolute Gasteiger partial charge is 0.322 e. The Bertz CT molecular complexity index is 447. The monoisotopic (exact) mass is 294 g/mol. The summed E-state index contributed by atoms with van der Waals surface area (Å²) in [6.07, 6.45) is 0.567. The summed E-state index contributed by atoms with van der Waals surface area (Å²) >= 11 is 0. The van der Waals surface area contributed by atoms with Crippen molar-refractivity contribution in [2.24, 2.45) is 0 Å². The van der Waals surface area contributed by atoms with Gasteiger partial charge in [-0.15, -0.1) is 0 Å². The van der Waals surface area contributed by atoms with Crippen LogP contribution in [-0.4, -0.2) is 45.9 Å². The van der Waals surface area contributed by atoms with Crippen molar-refractivity contribution in [1.82, 2.24) is 5.32 Å². The van der Waals surface area contributed by atoms with Gasteiger partial charge in [0.1, 0.15) is 11.8 Å². The van der Waals surface area contributed by atoms with Gasteiger partial charge < -0.3 is 19.7 Å². The molecule has 0 spiro atoms. The van der Waals surface area contributed by atoms with Gasteiger partial charge in [-0.25, -0.2) is 0 Å². The second kappa shape index (κ2) is 8.52. The van der Waals surface area contributed by atoms with E-state index in [9.17, 15) is 4.79 Å². The molecule has 1 unspecified atom stereocenters. The summed E-state index contributed by atoms with van der Waals surface area (Å²) in [5.41, 5.74) is 1.08. The maximum atomic E-state index is 11.7. The van der Waals surface area contributed by atoms with Crippen LogP contribution in [0.1, 0.15) is 20.3 Å². The molecule has 0 radical (unpaired) electrons. The first-order valence-corrected chi connectivity index (χ1v) is 7.18. The molecule has 118 valence electrons. The van der Waals surface area contributed by atoms with Gasteiger partial charge in [-0.2, -0.15) is 0 Å². The van der Waals surface area contributed by atoms with Gasteiger partial charge in [-0.05, 0) is 12.1 Å². The summed E-state index contributed by atoms with van der Waals surface area (Å²) in [6, 6.07) is 7.73. The molecule has 0 amide bonds. The SMILES string of the molecule is COC(=O)C(CCOc1cccc(N(C)C)c1)NC(C)C. The van der Waals surface area contributed by atoms with Crippen LogP contribution in [-0.2, 0) is 9.53 Å². The van der Waals surface area contributed by atoms with Gasteiger partial charge in [0.25, 0.3) is 0 Å². The first-order valence-electron chi connectivity index (χ1n) is 7.18. The Hall–Kier alpha value is -1.75. The molecule has 1 N–H and O–H groups in total. The van der Waals surface area contributed by atoms with Gasteiger partial charge in [0.2, 0.25) is 0 Å². The predicted molar refractivity (Wildman–Crippen MR) is 85.0 cm³/mol. The lowest BCUT2D eigenvalue weighted by molar-refractivity contribution is -0.143. The van der Waals surface area contributed by atoms with Crippen molar-refractivity contribution in [3.8, 4) is 5.75 Å². The van der Waals surface area contributed by atoms with E-state index in [1.54, 1.807) is 0 Å². The second-order valence-corrected chi connectivity index (χ2v) is 5.43. The first-order chi connectivity index (χ1) is 9.93. The van der Waals surface area contributed by atoms with Crippen LogP contribution < -0.4 is 15.0 Å². The molecule has 1 aromatic carbocycles. The number of nitrogens with one attached hydrogen (secondary N) is 1. The molecule has 0 saturated carbocycles. The van der Waals surface area contributed by atoms with Crippen LogP contribution in [0.25, 0.3) is 0 Å². The molecule has 0 bridgehead atoms. The molecule has 5 nitrogen and oxygen atoms in total. The van der Waals surface area contributed by atoms with Gasteiger partial charge in [-0.3, -0.25) is 4.79 Å². The highest BCUT2D eigenvalue weighted by atomic mass is 16.5. The van der Waals surface area contributed by atoms with Crippen molar-refractivity contribution in [2.45, 2.75) is 32.4 Å². The Morgan fingerprint density at radius 2 is 2.05 bits per heavy atom. The summed E-state index contributed by atoms with van der Waals surface area (Å²) in [5.74, 6) is 0.545. The van der Waals surface area contributed by atoms with E-state index >= 15 is 0 Å². The summed E-state index contributed by atoms with van der Waals surface area (Å²) in [7, 11) is 5.37. The average Bonchev–Trinajstić information content (AvgIpc) is 2.45. The van der Waals surface area contributed by atoms with Crippen LogP contribution in [0.3, 0.4) is 0 Å². The van der Waals surface area contributed by atoms with E-state index in [4.69, 9.17) is 9.47 Å². The van der Waals surface area contributed by atoms with Crippen molar-refractivity contribution in [1.29, 1.82) is 0 Å². The Balaban J connectivity index is 2.53. The fourth-order valence-electron chi connectivity index (χ4n) is 1.96. The standard InChI is InChI=1S/C16H26N2O3/c1-12(2)17-15(16(19)20-5)9-10-21-14-8-6-7-13(11-14)18(3)4/h6-8,11-12,15,17H,9-10H2,1-5H3. The average molecular weight is 294 g/mol. The first kappa shape index (κ1) is 17.3. The topological polar surface area (TPSA) is 50.8 Å². The molecule has 1 aromatic rings. The lowest BCUT2D eigenvalue weighted by atomic mass is 10.2. The number of hydrogen-bond donors (Lipinski definition) is 1. The molecule has 0 fully saturated rings. The van der Waals surface area contributed by atoms with E-state index in [1.165, 1.54) is 7.11 Å². The van der Waals surface area contributed by atoms with Crippen LogP contribution in [0.15, 0.2) is 24.3 Å². The van der Waals surface area contributed by atoms with Crippen molar-refractivity contribution in [3.63, 3.8) is 0 Å². The number of esters is 1. The number of carbonyl (C=O) groups excluding carboxylic acids is 1. The molecule has 0 aliphatic carbocycles. The van der Waals surface area contributed by atoms with Crippen LogP contribution in [0.4, 0.5) is 5.69 Å².